The van der Waals surface area contributed by atoms with E-state index in [1.165, 1.54) is 19.1 Å². The van der Waals surface area contributed by atoms with Crippen molar-refractivity contribution in [2.45, 2.75) is 31.7 Å². The predicted octanol–water partition coefficient (Wildman–Crippen LogP) is 4.42. The standard InChI is InChI=1S/C17H17BrClNO3S/c1-11-4-5-12(2)16(10-11)20(13(3)17(19)21)24(22,23)15-8-6-14(18)7-9-15/h4-10,13H,1-3H3. The molecule has 0 N–H and O–H groups in total. The maximum Gasteiger partial charge on any atom is 0.265 e. The van der Waals surface area contributed by atoms with Crippen LogP contribution >= 0.6 is 27.5 Å². The van der Waals surface area contributed by atoms with Crippen LogP contribution in [0.5, 0.6) is 0 Å². The smallest absolute Gasteiger partial charge is 0.265 e. The molecule has 0 spiro atoms. The number of aryl methyl sites for hydroxylation is 2. The van der Waals surface area contributed by atoms with Crippen molar-refractivity contribution in [3.8, 4) is 0 Å². The number of carbonyl (C=O) groups excluding carboxylic acids is 1. The first-order chi connectivity index (χ1) is 11.1. The Morgan fingerprint density at radius 2 is 1.71 bits per heavy atom. The van der Waals surface area contributed by atoms with Crippen molar-refractivity contribution in [1.29, 1.82) is 0 Å². The molecule has 0 saturated heterocycles. The molecule has 0 amide bonds. The molecule has 128 valence electrons. The molecule has 0 bridgehead atoms. The number of hydrogen-bond donors (Lipinski definition) is 0. The van der Waals surface area contributed by atoms with Gasteiger partial charge in [-0.3, -0.25) is 9.10 Å². The van der Waals surface area contributed by atoms with Crippen molar-refractivity contribution in [3.63, 3.8) is 0 Å². The third-order valence-corrected chi connectivity index (χ3v) is 6.40. The molecule has 0 aliphatic rings. The molecule has 0 aliphatic heterocycles. The number of hydrogen-bond acceptors (Lipinski definition) is 3. The first kappa shape index (κ1) is 19.0. The zero-order chi connectivity index (χ0) is 18.1. The van der Waals surface area contributed by atoms with E-state index in [2.05, 4.69) is 15.9 Å². The number of halogens is 2. The lowest BCUT2D eigenvalue weighted by atomic mass is 10.1. The number of nitrogens with zero attached hydrogens (tertiary/aromatic N) is 1. The van der Waals surface area contributed by atoms with Crippen molar-refractivity contribution < 1.29 is 13.2 Å². The normalized spacial score (nSPS) is 12.7. The van der Waals surface area contributed by atoms with Crippen molar-refractivity contribution in [2.24, 2.45) is 0 Å². The van der Waals surface area contributed by atoms with Crippen LogP contribution in [0, 0.1) is 13.8 Å². The molecular formula is C17H17BrClNO3S. The number of carbonyl (C=O) groups is 1. The maximum atomic E-state index is 13.2. The van der Waals surface area contributed by atoms with E-state index < -0.39 is 21.3 Å². The fourth-order valence-electron chi connectivity index (χ4n) is 2.32. The average Bonchev–Trinajstić information content (AvgIpc) is 2.51. The third-order valence-electron chi connectivity index (χ3n) is 3.65. The molecule has 7 heteroatoms. The number of anilines is 1. The molecule has 4 nitrogen and oxygen atoms in total. The minimum Gasteiger partial charge on any atom is -0.279 e. The van der Waals surface area contributed by atoms with Gasteiger partial charge < -0.3 is 0 Å². The summed E-state index contributed by atoms with van der Waals surface area (Å²) in [5.74, 6) is 0. The molecule has 0 fully saturated rings. The van der Waals surface area contributed by atoms with Crippen LogP contribution in [0.15, 0.2) is 51.8 Å². The van der Waals surface area contributed by atoms with E-state index in [9.17, 15) is 13.2 Å². The minimum atomic E-state index is -3.95. The first-order valence-corrected chi connectivity index (χ1v) is 9.82. The van der Waals surface area contributed by atoms with E-state index in [4.69, 9.17) is 11.6 Å². The SMILES string of the molecule is Cc1ccc(C)c(N(C(C)C(=O)Cl)S(=O)(=O)c2ccc(Br)cc2)c1. The number of sulfonamides is 1. The third kappa shape index (κ3) is 3.82. The van der Waals surface area contributed by atoms with E-state index in [1.54, 1.807) is 25.1 Å². The Morgan fingerprint density at radius 3 is 2.25 bits per heavy atom. The Bertz CT molecular complexity index is 866. The highest BCUT2D eigenvalue weighted by Crippen LogP contribution is 2.31. The topological polar surface area (TPSA) is 54.5 Å². The summed E-state index contributed by atoms with van der Waals surface area (Å²) in [5.41, 5.74) is 2.08. The van der Waals surface area contributed by atoms with Crippen LogP contribution in [-0.2, 0) is 14.8 Å². The molecule has 0 radical (unpaired) electrons. The summed E-state index contributed by atoms with van der Waals surface area (Å²) in [6.07, 6.45) is 0. The van der Waals surface area contributed by atoms with Gasteiger partial charge in [-0.1, -0.05) is 28.1 Å². The Labute approximate surface area is 155 Å². The van der Waals surface area contributed by atoms with Gasteiger partial charge in [0.1, 0.15) is 6.04 Å². The monoisotopic (exact) mass is 429 g/mol. The van der Waals surface area contributed by atoms with Crippen LogP contribution in [0.3, 0.4) is 0 Å². The Morgan fingerprint density at radius 1 is 1.12 bits per heavy atom. The highest BCUT2D eigenvalue weighted by Gasteiger charge is 2.33. The second kappa shape index (κ2) is 7.25. The van der Waals surface area contributed by atoms with Crippen LogP contribution < -0.4 is 4.31 Å². The van der Waals surface area contributed by atoms with Crippen LogP contribution in [0.1, 0.15) is 18.1 Å². The second-order valence-electron chi connectivity index (χ2n) is 5.52. The van der Waals surface area contributed by atoms with Crippen molar-refractivity contribution in [2.75, 3.05) is 4.31 Å². The Hall–Kier alpha value is -1.37. The van der Waals surface area contributed by atoms with Gasteiger partial charge in [0.2, 0.25) is 5.24 Å². The lowest BCUT2D eigenvalue weighted by molar-refractivity contribution is -0.112. The summed E-state index contributed by atoms with van der Waals surface area (Å²) in [6, 6.07) is 10.7. The van der Waals surface area contributed by atoms with Crippen LogP contribution in [0.2, 0.25) is 0 Å². The van der Waals surface area contributed by atoms with E-state index in [1.807, 2.05) is 19.1 Å². The lowest BCUT2D eigenvalue weighted by Gasteiger charge is -2.30. The van der Waals surface area contributed by atoms with Gasteiger partial charge in [0.05, 0.1) is 10.6 Å². The van der Waals surface area contributed by atoms with Crippen molar-refractivity contribution >= 4 is 48.5 Å². The molecule has 0 heterocycles. The van der Waals surface area contributed by atoms with Gasteiger partial charge in [-0.25, -0.2) is 8.42 Å². The maximum absolute atomic E-state index is 13.2. The average molecular weight is 431 g/mol. The second-order valence-corrected chi connectivity index (χ2v) is 8.63. The summed E-state index contributed by atoms with van der Waals surface area (Å²) in [7, 11) is -3.95. The summed E-state index contributed by atoms with van der Waals surface area (Å²) in [6.45, 7) is 5.14. The summed E-state index contributed by atoms with van der Waals surface area (Å²) < 4.78 is 28.2. The molecule has 2 aromatic rings. The molecule has 0 aromatic heterocycles. The fourth-order valence-corrected chi connectivity index (χ4v) is 4.41. The van der Waals surface area contributed by atoms with E-state index in [-0.39, 0.29) is 4.90 Å². The van der Waals surface area contributed by atoms with Gasteiger partial charge in [-0.05, 0) is 73.8 Å². The van der Waals surface area contributed by atoms with Crippen LogP contribution in [0.4, 0.5) is 5.69 Å². The zero-order valence-electron chi connectivity index (χ0n) is 13.5. The van der Waals surface area contributed by atoms with Gasteiger partial charge >= 0.3 is 0 Å². The summed E-state index contributed by atoms with van der Waals surface area (Å²) in [5, 5.41) is -0.739. The van der Waals surface area contributed by atoms with Crippen LogP contribution in [0.25, 0.3) is 0 Å². The predicted molar refractivity (Wildman–Crippen MR) is 100 cm³/mol. The molecule has 2 aromatic carbocycles. The largest absolute Gasteiger partial charge is 0.279 e. The molecule has 24 heavy (non-hydrogen) atoms. The van der Waals surface area contributed by atoms with E-state index in [0.717, 1.165) is 19.9 Å². The van der Waals surface area contributed by atoms with Gasteiger partial charge in [-0.2, -0.15) is 0 Å². The van der Waals surface area contributed by atoms with Gasteiger partial charge in [0.25, 0.3) is 10.0 Å². The minimum absolute atomic E-state index is 0.0939. The molecule has 1 atom stereocenters. The highest BCUT2D eigenvalue weighted by molar-refractivity contribution is 9.10. The molecule has 2 rings (SSSR count). The Balaban J connectivity index is 2.68. The first-order valence-electron chi connectivity index (χ1n) is 7.21. The van der Waals surface area contributed by atoms with Crippen molar-refractivity contribution in [1.82, 2.24) is 0 Å². The lowest BCUT2D eigenvalue weighted by Crippen LogP contribution is -2.42. The molecular weight excluding hydrogens is 414 g/mol. The summed E-state index contributed by atoms with van der Waals surface area (Å²) in [4.78, 5) is 11.8. The zero-order valence-corrected chi connectivity index (χ0v) is 16.6. The van der Waals surface area contributed by atoms with Gasteiger partial charge in [0.15, 0.2) is 0 Å². The van der Waals surface area contributed by atoms with Gasteiger partial charge in [-0.15, -0.1) is 0 Å². The summed E-state index contributed by atoms with van der Waals surface area (Å²) >= 11 is 8.92. The highest BCUT2D eigenvalue weighted by atomic mass is 79.9. The van der Waals surface area contributed by atoms with Crippen LogP contribution in [-0.4, -0.2) is 19.7 Å². The molecule has 0 saturated carbocycles. The number of rotatable bonds is 5. The molecule has 0 aliphatic carbocycles. The van der Waals surface area contributed by atoms with Crippen molar-refractivity contribution in [3.05, 3.63) is 58.1 Å². The Kier molecular flexibility index (Phi) is 5.73. The molecule has 1 unspecified atom stereocenters. The number of benzene rings is 2. The van der Waals surface area contributed by atoms with E-state index in [0.29, 0.717) is 5.69 Å². The fraction of sp³-hybridized carbons (Fsp3) is 0.235. The van der Waals surface area contributed by atoms with E-state index >= 15 is 0 Å². The van der Waals surface area contributed by atoms with Gasteiger partial charge in [0, 0.05) is 4.47 Å². The quantitative estimate of drug-likeness (QED) is 0.660.